The fourth-order valence-corrected chi connectivity index (χ4v) is 1.74. The Morgan fingerprint density at radius 3 is 1.29 bits per heavy atom. The summed E-state index contributed by atoms with van der Waals surface area (Å²) in [6.07, 6.45) is -1.04. The highest BCUT2D eigenvalue weighted by molar-refractivity contribution is 5.29. The first kappa shape index (κ1) is 11.2. The fraction of sp³-hybridized carbons (Fsp3) is 0.200. The lowest BCUT2D eigenvalue weighted by molar-refractivity contribution is 0.170. The summed E-state index contributed by atoms with van der Waals surface area (Å²) in [5.41, 5.74) is 0. The van der Waals surface area contributed by atoms with E-state index in [0.717, 1.165) is 9.13 Å². The summed E-state index contributed by atoms with van der Waals surface area (Å²) < 4.78 is 1.94. The monoisotopic (exact) mass is 240 g/mol. The molecule has 2 heterocycles. The molecule has 0 atom stereocenters. The Kier molecular flexibility index (Phi) is 2.60. The van der Waals surface area contributed by atoms with Gasteiger partial charge in [-0.3, -0.25) is 9.13 Å². The Labute approximate surface area is 96.0 Å². The molecule has 5 N–H and O–H groups in total. The van der Waals surface area contributed by atoms with Crippen LogP contribution in [0.25, 0.3) is 0 Å². The first-order chi connectivity index (χ1) is 8.06. The van der Waals surface area contributed by atoms with Gasteiger partial charge in [0.05, 0.1) is 6.61 Å². The Balaban J connectivity index is 2.55. The molecule has 0 saturated carbocycles. The van der Waals surface area contributed by atoms with E-state index in [0.29, 0.717) is 0 Å². The maximum atomic E-state index is 9.53. The normalized spacial score (nSPS) is 11.2. The van der Waals surface area contributed by atoms with Crippen LogP contribution in [0.5, 0.6) is 23.5 Å². The first-order valence-electron chi connectivity index (χ1n) is 4.85. The molecule has 2 rings (SSSR count). The number of aromatic nitrogens is 2. The van der Waals surface area contributed by atoms with Crippen LogP contribution in [0, 0.1) is 0 Å². The molecule has 0 amide bonds. The number of hydrogen-bond acceptors (Lipinski definition) is 5. The van der Waals surface area contributed by atoms with Crippen molar-refractivity contribution < 1.29 is 25.5 Å². The Bertz CT molecular complexity index is 446. The van der Waals surface area contributed by atoms with Crippen LogP contribution in [0.3, 0.4) is 0 Å². The Hall–Kier alpha value is -2.28. The number of hydrogen-bond donors (Lipinski definition) is 5. The van der Waals surface area contributed by atoms with E-state index in [4.69, 9.17) is 0 Å². The molecule has 92 valence electrons. The zero-order chi connectivity index (χ0) is 12.6. The fourth-order valence-electron chi connectivity index (χ4n) is 1.74. The first-order valence-corrected chi connectivity index (χ1v) is 4.85. The third-order valence-corrected chi connectivity index (χ3v) is 2.51. The quantitative estimate of drug-likeness (QED) is 0.524. The Morgan fingerprint density at radius 1 is 0.765 bits per heavy atom. The van der Waals surface area contributed by atoms with Gasteiger partial charge in [-0.25, -0.2) is 0 Å². The second kappa shape index (κ2) is 3.95. The van der Waals surface area contributed by atoms with E-state index in [2.05, 4.69) is 0 Å². The number of aliphatic hydroxyl groups excluding tert-OH is 1. The average Bonchev–Trinajstić information content (AvgIpc) is 2.78. The number of aromatic hydroxyl groups is 4. The molecule has 0 spiro atoms. The van der Waals surface area contributed by atoms with E-state index in [1.54, 1.807) is 0 Å². The van der Waals surface area contributed by atoms with Gasteiger partial charge in [0.25, 0.3) is 0 Å². The van der Waals surface area contributed by atoms with Gasteiger partial charge < -0.3 is 25.5 Å². The SMILES string of the molecule is OCC(n1c(O)ccc1O)n1c(O)ccc1O. The molecule has 2 aromatic heterocycles. The van der Waals surface area contributed by atoms with Crippen LogP contribution in [-0.2, 0) is 0 Å². The molecule has 0 aliphatic carbocycles. The van der Waals surface area contributed by atoms with Crippen LogP contribution >= 0.6 is 0 Å². The Morgan fingerprint density at radius 2 is 1.06 bits per heavy atom. The van der Waals surface area contributed by atoms with Crippen molar-refractivity contribution in [2.24, 2.45) is 0 Å². The summed E-state index contributed by atoms with van der Waals surface area (Å²) in [6.45, 7) is -0.536. The molecule has 0 radical (unpaired) electrons. The minimum Gasteiger partial charge on any atom is -0.494 e. The van der Waals surface area contributed by atoms with Crippen LogP contribution < -0.4 is 0 Å². The van der Waals surface area contributed by atoms with Gasteiger partial charge in [-0.05, 0) is 0 Å². The molecule has 0 unspecified atom stereocenters. The molecule has 0 fully saturated rings. The minimum absolute atomic E-state index is 0.297. The van der Waals surface area contributed by atoms with Gasteiger partial charge in [0.2, 0.25) is 0 Å². The lowest BCUT2D eigenvalue weighted by Crippen LogP contribution is -2.20. The van der Waals surface area contributed by atoms with Gasteiger partial charge in [0.1, 0.15) is 6.17 Å². The van der Waals surface area contributed by atoms with Crippen molar-refractivity contribution in [3.05, 3.63) is 24.3 Å². The predicted molar refractivity (Wildman–Crippen MR) is 57.0 cm³/mol. The van der Waals surface area contributed by atoms with Crippen molar-refractivity contribution in [2.75, 3.05) is 6.61 Å². The average molecular weight is 240 g/mol. The summed E-state index contributed by atoms with van der Waals surface area (Å²) >= 11 is 0. The highest BCUT2D eigenvalue weighted by Gasteiger charge is 2.22. The molecule has 7 heteroatoms. The third-order valence-electron chi connectivity index (χ3n) is 2.51. The van der Waals surface area contributed by atoms with Gasteiger partial charge >= 0.3 is 0 Å². The van der Waals surface area contributed by atoms with Crippen molar-refractivity contribution in [3.63, 3.8) is 0 Å². The van der Waals surface area contributed by atoms with E-state index in [9.17, 15) is 25.5 Å². The van der Waals surface area contributed by atoms with Gasteiger partial charge in [-0.15, -0.1) is 0 Å². The predicted octanol–water partition coefficient (Wildman–Crippen LogP) is 0.151. The van der Waals surface area contributed by atoms with Crippen molar-refractivity contribution >= 4 is 0 Å². The summed E-state index contributed by atoms with van der Waals surface area (Å²) in [7, 11) is 0. The number of aliphatic hydroxyl groups is 1. The van der Waals surface area contributed by atoms with Crippen molar-refractivity contribution in [2.45, 2.75) is 6.17 Å². The highest BCUT2D eigenvalue weighted by Crippen LogP contribution is 2.33. The van der Waals surface area contributed by atoms with E-state index in [1.165, 1.54) is 24.3 Å². The molecule has 17 heavy (non-hydrogen) atoms. The summed E-state index contributed by atoms with van der Waals surface area (Å²) in [5, 5.41) is 47.4. The zero-order valence-electron chi connectivity index (χ0n) is 8.72. The summed E-state index contributed by atoms with van der Waals surface area (Å²) in [6, 6.07) is 4.93. The van der Waals surface area contributed by atoms with Gasteiger partial charge in [0.15, 0.2) is 23.5 Å². The van der Waals surface area contributed by atoms with E-state index in [1.807, 2.05) is 0 Å². The molecular formula is C10H12N2O5. The van der Waals surface area contributed by atoms with Crippen LogP contribution in [-0.4, -0.2) is 41.3 Å². The maximum Gasteiger partial charge on any atom is 0.195 e. The highest BCUT2D eigenvalue weighted by atomic mass is 16.3. The lowest BCUT2D eigenvalue weighted by atomic mass is 10.4. The number of nitrogens with zero attached hydrogens (tertiary/aromatic N) is 2. The van der Waals surface area contributed by atoms with E-state index < -0.39 is 12.8 Å². The molecule has 0 bridgehead atoms. The van der Waals surface area contributed by atoms with Gasteiger partial charge in [0, 0.05) is 24.3 Å². The van der Waals surface area contributed by atoms with E-state index >= 15 is 0 Å². The molecular weight excluding hydrogens is 228 g/mol. The molecule has 0 aliphatic rings. The summed E-state index contributed by atoms with van der Waals surface area (Å²) in [4.78, 5) is 0. The summed E-state index contributed by atoms with van der Waals surface area (Å²) in [5.74, 6) is -1.19. The minimum atomic E-state index is -1.04. The molecule has 0 saturated heterocycles. The smallest absolute Gasteiger partial charge is 0.195 e. The van der Waals surface area contributed by atoms with Gasteiger partial charge in [-0.1, -0.05) is 0 Å². The number of rotatable bonds is 3. The second-order valence-corrected chi connectivity index (χ2v) is 3.50. The topological polar surface area (TPSA) is 111 Å². The molecule has 7 nitrogen and oxygen atoms in total. The standard InChI is InChI=1S/C10H12N2O5/c13-5-6(11-7(14)1-2-8(11)15)12-9(16)3-4-10(12)17/h1-4,6,13-17H,5H2. The van der Waals surface area contributed by atoms with E-state index in [-0.39, 0.29) is 23.5 Å². The lowest BCUT2D eigenvalue weighted by Gasteiger charge is -2.21. The van der Waals surface area contributed by atoms with Crippen LogP contribution in [0.1, 0.15) is 6.17 Å². The van der Waals surface area contributed by atoms with Gasteiger partial charge in [-0.2, -0.15) is 0 Å². The van der Waals surface area contributed by atoms with Crippen LogP contribution in [0.15, 0.2) is 24.3 Å². The van der Waals surface area contributed by atoms with Crippen molar-refractivity contribution in [1.82, 2.24) is 9.13 Å². The largest absolute Gasteiger partial charge is 0.494 e. The second-order valence-electron chi connectivity index (χ2n) is 3.50. The zero-order valence-corrected chi connectivity index (χ0v) is 8.72. The van der Waals surface area contributed by atoms with Crippen molar-refractivity contribution in [3.8, 4) is 23.5 Å². The van der Waals surface area contributed by atoms with Crippen LogP contribution in [0.2, 0.25) is 0 Å². The molecule has 2 aromatic rings. The van der Waals surface area contributed by atoms with Crippen molar-refractivity contribution in [1.29, 1.82) is 0 Å². The third kappa shape index (κ3) is 1.66. The molecule has 0 aromatic carbocycles. The maximum absolute atomic E-state index is 9.53. The van der Waals surface area contributed by atoms with Crippen LogP contribution in [0.4, 0.5) is 0 Å². The molecule has 0 aliphatic heterocycles.